The smallest absolute Gasteiger partial charge is 0.155 e. The number of rotatable bonds is 5. The summed E-state index contributed by atoms with van der Waals surface area (Å²) in [6.45, 7) is 5.15. The van der Waals surface area contributed by atoms with Crippen LogP contribution in [0.2, 0.25) is 10.0 Å². The van der Waals surface area contributed by atoms with Gasteiger partial charge in [0.1, 0.15) is 5.75 Å². The number of aliphatic hydroxyl groups is 2. The number of aliphatic hydroxyl groups excluding tert-OH is 1. The standard InChI is InChI=1S/C24H27Cl2NO3/c1-16(23(28)29)14-27-11-9-24(10-12-27)15-30-22-13-17(6-8-19(22)24)5-7-18-20(25)3-2-4-21(18)26/h2-8,13,16,23,28-29H,9-12,14-15H2,1H3/b7-5+. The average molecular weight is 448 g/mol. The lowest BCUT2D eigenvalue weighted by Gasteiger charge is -2.39. The van der Waals surface area contributed by atoms with Gasteiger partial charge in [-0.15, -0.1) is 0 Å². The maximum absolute atomic E-state index is 9.35. The van der Waals surface area contributed by atoms with Crippen molar-refractivity contribution in [1.82, 2.24) is 4.90 Å². The van der Waals surface area contributed by atoms with Gasteiger partial charge in [-0.05, 0) is 49.7 Å². The number of fused-ring (bicyclic) bond motifs is 2. The van der Waals surface area contributed by atoms with E-state index in [-0.39, 0.29) is 11.3 Å². The summed E-state index contributed by atoms with van der Waals surface area (Å²) in [6.07, 6.45) is 4.71. The maximum atomic E-state index is 9.35. The molecule has 1 saturated heterocycles. The van der Waals surface area contributed by atoms with E-state index in [1.807, 2.05) is 37.3 Å². The van der Waals surface area contributed by atoms with Gasteiger partial charge >= 0.3 is 0 Å². The highest BCUT2D eigenvalue weighted by atomic mass is 35.5. The molecular formula is C24H27Cl2NO3. The van der Waals surface area contributed by atoms with Crippen LogP contribution in [-0.2, 0) is 5.41 Å². The number of ether oxygens (including phenoxy) is 1. The van der Waals surface area contributed by atoms with Crippen LogP contribution in [0, 0.1) is 5.92 Å². The molecular weight excluding hydrogens is 421 g/mol. The second-order valence-corrected chi connectivity index (χ2v) is 9.30. The molecule has 1 unspecified atom stereocenters. The first-order valence-corrected chi connectivity index (χ1v) is 11.1. The zero-order valence-electron chi connectivity index (χ0n) is 17.0. The molecule has 1 spiro atoms. The Bertz CT molecular complexity index is 916. The lowest BCUT2D eigenvalue weighted by atomic mass is 9.74. The monoisotopic (exact) mass is 447 g/mol. The first-order valence-electron chi connectivity index (χ1n) is 10.4. The van der Waals surface area contributed by atoms with E-state index in [2.05, 4.69) is 23.1 Å². The van der Waals surface area contributed by atoms with Crippen LogP contribution in [0.25, 0.3) is 12.2 Å². The van der Waals surface area contributed by atoms with Crippen molar-refractivity contribution in [2.24, 2.45) is 5.92 Å². The van der Waals surface area contributed by atoms with Crippen molar-refractivity contribution >= 4 is 35.4 Å². The van der Waals surface area contributed by atoms with Crippen molar-refractivity contribution in [2.45, 2.75) is 31.5 Å². The summed E-state index contributed by atoms with van der Waals surface area (Å²) in [6, 6.07) is 11.9. The molecule has 4 rings (SSSR count). The predicted octanol–water partition coefficient (Wildman–Crippen LogP) is 4.84. The van der Waals surface area contributed by atoms with E-state index < -0.39 is 6.29 Å². The van der Waals surface area contributed by atoms with Crippen LogP contribution in [0.4, 0.5) is 0 Å². The number of halogens is 2. The minimum atomic E-state index is -1.26. The minimum Gasteiger partial charge on any atom is -0.492 e. The van der Waals surface area contributed by atoms with Gasteiger partial charge in [-0.3, -0.25) is 0 Å². The molecule has 0 aliphatic carbocycles. The largest absolute Gasteiger partial charge is 0.492 e. The lowest BCUT2D eigenvalue weighted by molar-refractivity contribution is -0.0872. The number of hydrogen-bond donors (Lipinski definition) is 2. The summed E-state index contributed by atoms with van der Waals surface area (Å²) >= 11 is 12.5. The van der Waals surface area contributed by atoms with E-state index in [1.54, 1.807) is 0 Å². The van der Waals surface area contributed by atoms with Gasteiger partial charge in [0.2, 0.25) is 0 Å². The van der Waals surface area contributed by atoms with E-state index in [0.29, 0.717) is 23.2 Å². The maximum Gasteiger partial charge on any atom is 0.155 e. The number of piperidine rings is 1. The van der Waals surface area contributed by atoms with E-state index >= 15 is 0 Å². The van der Waals surface area contributed by atoms with Crippen LogP contribution in [0.3, 0.4) is 0 Å². The fourth-order valence-corrected chi connectivity index (χ4v) is 4.95. The van der Waals surface area contributed by atoms with Crippen LogP contribution >= 0.6 is 23.2 Å². The van der Waals surface area contributed by atoms with Crippen LogP contribution in [0.5, 0.6) is 5.75 Å². The van der Waals surface area contributed by atoms with E-state index in [1.165, 1.54) is 5.56 Å². The third kappa shape index (κ3) is 4.39. The van der Waals surface area contributed by atoms with Crippen molar-refractivity contribution < 1.29 is 14.9 Å². The highest BCUT2D eigenvalue weighted by Crippen LogP contribution is 2.46. The summed E-state index contributed by atoms with van der Waals surface area (Å²) < 4.78 is 6.10. The summed E-state index contributed by atoms with van der Waals surface area (Å²) in [7, 11) is 0. The molecule has 1 fully saturated rings. The molecule has 0 aromatic heterocycles. The summed E-state index contributed by atoms with van der Waals surface area (Å²) in [5, 5.41) is 20.0. The van der Waals surface area contributed by atoms with Crippen molar-refractivity contribution in [3.8, 4) is 5.75 Å². The van der Waals surface area contributed by atoms with Crippen molar-refractivity contribution in [2.75, 3.05) is 26.2 Å². The Morgan fingerprint density at radius 1 is 1.10 bits per heavy atom. The number of benzene rings is 2. The van der Waals surface area contributed by atoms with Gasteiger partial charge < -0.3 is 19.8 Å². The molecule has 4 nitrogen and oxygen atoms in total. The summed E-state index contributed by atoms with van der Waals surface area (Å²) in [5.41, 5.74) is 3.20. The fraction of sp³-hybridized carbons (Fsp3) is 0.417. The van der Waals surface area contributed by atoms with Gasteiger partial charge in [-0.1, -0.05) is 60.5 Å². The highest BCUT2D eigenvalue weighted by molar-refractivity contribution is 6.37. The molecule has 2 aromatic carbocycles. The molecule has 160 valence electrons. The van der Waals surface area contributed by atoms with Gasteiger partial charge in [0.05, 0.1) is 6.61 Å². The first kappa shape index (κ1) is 21.7. The minimum absolute atomic E-state index is 0.0567. The summed E-state index contributed by atoms with van der Waals surface area (Å²) in [4.78, 5) is 2.32. The topological polar surface area (TPSA) is 52.9 Å². The predicted molar refractivity (Wildman–Crippen MR) is 122 cm³/mol. The molecule has 1 atom stereocenters. The Morgan fingerprint density at radius 3 is 2.47 bits per heavy atom. The average Bonchev–Trinajstić information content (AvgIpc) is 3.07. The normalized spacial score (nSPS) is 19.4. The Hall–Kier alpha value is -1.56. The van der Waals surface area contributed by atoms with Crippen LogP contribution in [-0.4, -0.2) is 47.6 Å². The van der Waals surface area contributed by atoms with E-state index in [9.17, 15) is 10.2 Å². The summed E-state index contributed by atoms with van der Waals surface area (Å²) in [5.74, 6) is 0.808. The fourth-order valence-electron chi connectivity index (χ4n) is 4.42. The highest BCUT2D eigenvalue weighted by Gasteiger charge is 2.43. The third-order valence-electron chi connectivity index (χ3n) is 6.39. The van der Waals surface area contributed by atoms with E-state index in [4.69, 9.17) is 27.9 Å². The van der Waals surface area contributed by atoms with Crippen molar-refractivity contribution in [3.63, 3.8) is 0 Å². The Kier molecular flexibility index (Phi) is 6.42. The van der Waals surface area contributed by atoms with Crippen LogP contribution in [0.15, 0.2) is 36.4 Å². The van der Waals surface area contributed by atoms with Crippen LogP contribution < -0.4 is 4.74 Å². The Morgan fingerprint density at radius 2 is 1.80 bits per heavy atom. The molecule has 2 aromatic rings. The van der Waals surface area contributed by atoms with E-state index in [0.717, 1.165) is 42.8 Å². The Labute approximate surface area is 187 Å². The van der Waals surface area contributed by atoms with Gasteiger partial charge in [0.25, 0.3) is 0 Å². The van der Waals surface area contributed by atoms with Crippen LogP contribution in [0.1, 0.15) is 36.5 Å². The lowest BCUT2D eigenvalue weighted by Crippen LogP contribution is -2.45. The molecule has 2 aliphatic rings. The molecule has 0 bridgehead atoms. The Balaban J connectivity index is 1.46. The van der Waals surface area contributed by atoms with Gasteiger partial charge in [0, 0.05) is 39.0 Å². The molecule has 6 heteroatoms. The third-order valence-corrected chi connectivity index (χ3v) is 7.05. The molecule has 2 N–H and O–H groups in total. The second kappa shape index (κ2) is 8.89. The van der Waals surface area contributed by atoms with Crippen molar-refractivity contribution in [3.05, 3.63) is 63.1 Å². The molecule has 0 amide bonds. The number of nitrogens with zero attached hydrogens (tertiary/aromatic N) is 1. The quantitative estimate of drug-likeness (QED) is 0.508. The van der Waals surface area contributed by atoms with Gasteiger partial charge in [0.15, 0.2) is 6.29 Å². The molecule has 0 radical (unpaired) electrons. The zero-order valence-corrected chi connectivity index (χ0v) is 18.5. The SMILES string of the molecule is CC(CN1CCC2(CC1)COc1cc(/C=C/c3c(Cl)cccc3Cl)ccc12)C(O)O. The van der Waals surface area contributed by atoms with Gasteiger partial charge in [-0.2, -0.15) is 0 Å². The molecule has 2 heterocycles. The van der Waals surface area contributed by atoms with Crippen molar-refractivity contribution in [1.29, 1.82) is 0 Å². The second-order valence-electron chi connectivity index (χ2n) is 8.48. The first-order chi connectivity index (χ1) is 14.4. The van der Waals surface area contributed by atoms with Gasteiger partial charge in [-0.25, -0.2) is 0 Å². The number of hydrogen-bond acceptors (Lipinski definition) is 4. The molecule has 0 saturated carbocycles. The number of likely N-dealkylation sites (tertiary alicyclic amines) is 1. The zero-order chi connectivity index (χ0) is 21.3. The molecule has 30 heavy (non-hydrogen) atoms. The molecule has 2 aliphatic heterocycles.